The van der Waals surface area contributed by atoms with Gasteiger partial charge in [-0.2, -0.15) is 0 Å². The van der Waals surface area contributed by atoms with Gasteiger partial charge in [0.15, 0.2) is 5.78 Å². The summed E-state index contributed by atoms with van der Waals surface area (Å²) in [6, 6.07) is 6.17. The van der Waals surface area contributed by atoms with Crippen LogP contribution in [0.1, 0.15) is 30.1 Å². The third-order valence-electron chi connectivity index (χ3n) is 2.83. The Morgan fingerprint density at radius 3 is 2.68 bits per heavy atom. The van der Waals surface area contributed by atoms with Crippen LogP contribution in [-0.4, -0.2) is 32.1 Å². The first kappa shape index (κ1) is 15.6. The molecular formula is C14H19NO3S. The Morgan fingerprint density at radius 2 is 2.11 bits per heavy atom. The quantitative estimate of drug-likeness (QED) is 0.570. The molecule has 0 saturated carbocycles. The fraction of sp³-hybridized carbons (Fsp3) is 0.357. The summed E-state index contributed by atoms with van der Waals surface area (Å²) in [4.78, 5) is 11.8. The van der Waals surface area contributed by atoms with Gasteiger partial charge in [-0.15, -0.1) is 6.58 Å². The summed E-state index contributed by atoms with van der Waals surface area (Å²) < 4.78 is 25.8. The van der Waals surface area contributed by atoms with Crippen LogP contribution in [0.4, 0.5) is 0 Å². The van der Waals surface area contributed by atoms with Gasteiger partial charge in [-0.1, -0.05) is 25.1 Å². The van der Waals surface area contributed by atoms with E-state index in [1.54, 1.807) is 25.1 Å². The molecule has 0 bridgehead atoms. The standard InChI is InChI=1S/C14H19NO3S/c1-4-6-10-15(3)19(17,18)13-9-7-8-12(11-13)14(16)5-2/h4,7-9,11H,1,5-6,10H2,2-3H3. The third kappa shape index (κ3) is 3.75. The van der Waals surface area contributed by atoms with E-state index in [1.807, 2.05) is 0 Å². The Morgan fingerprint density at radius 1 is 1.42 bits per heavy atom. The van der Waals surface area contributed by atoms with Gasteiger partial charge in [0.2, 0.25) is 10.0 Å². The topological polar surface area (TPSA) is 54.5 Å². The maximum absolute atomic E-state index is 12.3. The number of rotatable bonds is 7. The molecule has 0 aliphatic carbocycles. The van der Waals surface area contributed by atoms with E-state index >= 15 is 0 Å². The van der Waals surface area contributed by atoms with E-state index < -0.39 is 10.0 Å². The molecule has 0 aliphatic rings. The summed E-state index contributed by atoms with van der Waals surface area (Å²) in [6.07, 6.45) is 2.61. The first-order valence-electron chi connectivity index (χ1n) is 6.14. The van der Waals surface area contributed by atoms with Crippen LogP contribution in [0.25, 0.3) is 0 Å². The van der Waals surface area contributed by atoms with E-state index in [0.717, 1.165) is 0 Å². The number of carbonyl (C=O) groups is 1. The van der Waals surface area contributed by atoms with E-state index in [9.17, 15) is 13.2 Å². The normalized spacial score (nSPS) is 11.5. The molecule has 0 unspecified atom stereocenters. The Hall–Kier alpha value is -1.46. The Kier molecular flexibility index (Phi) is 5.44. The SMILES string of the molecule is C=CCCN(C)S(=O)(=O)c1cccc(C(=O)CC)c1. The predicted molar refractivity (Wildman–Crippen MR) is 75.7 cm³/mol. The predicted octanol–water partition coefficient (Wildman–Crippen LogP) is 2.48. The summed E-state index contributed by atoms with van der Waals surface area (Å²) in [7, 11) is -2.02. The smallest absolute Gasteiger partial charge is 0.242 e. The maximum atomic E-state index is 12.3. The maximum Gasteiger partial charge on any atom is 0.242 e. The van der Waals surface area contributed by atoms with Crippen LogP contribution in [0.3, 0.4) is 0 Å². The van der Waals surface area contributed by atoms with Gasteiger partial charge < -0.3 is 0 Å². The third-order valence-corrected chi connectivity index (χ3v) is 4.69. The lowest BCUT2D eigenvalue weighted by molar-refractivity contribution is 0.0988. The number of hydrogen-bond acceptors (Lipinski definition) is 3. The van der Waals surface area contributed by atoms with Crippen LogP contribution in [0, 0.1) is 0 Å². The zero-order chi connectivity index (χ0) is 14.5. The molecule has 1 aromatic carbocycles. The van der Waals surface area contributed by atoms with Crippen molar-refractivity contribution in [3.63, 3.8) is 0 Å². The molecule has 1 aromatic rings. The zero-order valence-corrected chi connectivity index (χ0v) is 12.1. The molecule has 19 heavy (non-hydrogen) atoms. The molecule has 0 radical (unpaired) electrons. The van der Waals surface area contributed by atoms with E-state index in [2.05, 4.69) is 6.58 Å². The van der Waals surface area contributed by atoms with Gasteiger partial charge in [-0.25, -0.2) is 12.7 Å². The number of carbonyl (C=O) groups excluding carboxylic acids is 1. The molecule has 0 atom stereocenters. The van der Waals surface area contributed by atoms with Crippen molar-refractivity contribution in [2.24, 2.45) is 0 Å². The second kappa shape index (κ2) is 6.63. The highest BCUT2D eigenvalue weighted by Gasteiger charge is 2.20. The van der Waals surface area contributed by atoms with Gasteiger partial charge in [0, 0.05) is 25.6 Å². The summed E-state index contributed by atoms with van der Waals surface area (Å²) in [6.45, 7) is 5.69. The minimum absolute atomic E-state index is 0.0641. The average molecular weight is 281 g/mol. The van der Waals surface area contributed by atoms with Crippen LogP contribution in [0.5, 0.6) is 0 Å². The fourth-order valence-corrected chi connectivity index (χ4v) is 2.84. The van der Waals surface area contributed by atoms with E-state index in [4.69, 9.17) is 0 Å². The molecule has 0 aliphatic heterocycles. The lowest BCUT2D eigenvalue weighted by Crippen LogP contribution is -2.27. The number of benzene rings is 1. The molecular weight excluding hydrogens is 262 g/mol. The molecule has 5 heteroatoms. The summed E-state index contributed by atoms with van der Waals surface area (Å²) in [5.41, 5.74) is 0.431. The summed E-state index contributed by atoms with van der Waals surface area (Å²) >= 11 is 0. The Bertz CT molecular complexity index is 564. The van der Waals surface area contributed by atoms with Crippen molar-refractivity contribution in [2.45, 2.75) is 24.7 Å². The van der Waals surface area contributed by atoms with Crippen LogP contribution >= 0.6 is 0 Å². The molecule has 0 saturated heterocycles. The van der Waals surface area contributed by atoms with Gasteiger partial charge in [-0.05, 0) is 18.6 Å². The zero-order valence-electron chi connectivity index (χ0n) is 11.3. The molecule has 0 fully saturated rings. The summed E-state index contributed by atoms with van der Waals surface area (Å²) in [5, 5.41) is 0. The molecule has 1 rings (SSSR count). The molecule has 0 spiro atoms. The number of sulfonamides is 1. The highest BCUT2D eigenvalue weighted by atomic mass is 32.2. The first-order valence-corrected chi connectivity index (χ1v) is 7.58. The number of ketones is 1. The first-order chi connectivity index (χ1) is 8.93. The Balaban J connectivity index is 3.08. The van der Waals surface area contributed by atoms with Gasteiger partial charge in [0.25, 0.3) is 0 Å². The second-order valence-corrected chi connectivity index (χ2v) is 6.25. The second-order valence-electron chi connectivity index (χ2n) is 4.21. The molecule has 0 aromatic heterocycles. The van der Waals surface area contributed by atoms with Crippen molar-refractivity contribution < 1.29 is 13.2 Å². The lowest BCUT2D eigenvalue weighted by Gasteiger charge is -2.16. The van der Waals surface area contributed by atoms with Crippen LogP contribution in [0.2, 0.25) is 0 Å². The van der Waals surface area contributed by atoms with Gasteiger partial charge >= 0.3 is 0 Å². The highest BCUT2D eigenvalue weighted by molar-refractivity contribution is 7.89. The van der Waals surface area contributed by atoms with Crippen molar-refractivity contribution in [2.75, 3.05) is 13.6 Å². The number of nitrogens with zero attached hydrogens (tertiary/aromatic N) is 1. The van der Waals surface area contributed by atoms with E-state index in [-0.39, 0.29) is 10.7 Å². The highest BCUT2D eigenvalue weighted by Crippen LogP contribution is 2.17. The van der Waals surface area contributed by atoms with Crippen molar-refractivity contribution in [1.29, 1.82) is 0 Å². The van der Waals surface area contributed by atoms with Crippen molar-refractivity contribution >= 4 is 15.8 Å². The molecule has 104 valence electrons. The largest absolute Gasteiger partial charge is 0.294 e. The van der Waals surface area contributed by atoms with Crippen molar-refractivity contribution in [1.82, 2.24) is 4.31 Å². The Labute approximate surface area is 114 Å². The van der Waals surface area contributed by atoms with E-state index in [0.29, 0.717) is 24.9 Å². The minimum Gasteiger partial charge on any atom is -0.294 e. The lowest BCUT2D eigenvalue weighted by atomic mass is 10.1. The molecule has 0 N–H and O–H groups in total. The van der Waals surface area contributed by atoms with Crippen LogP contribution in [0.15, 0.2) is 41.8 Å². The van der Waals surface area contributed by atoms with Gasteiger partial charge in [0.05, 0.1) is 4.90 Å². The van der Waals surface area contributed by atoms with Crippen LogP contribution < -0.4 is 0 Å². The van der Waals surface area contributed by atoms with Gasteiger partial charge in [0.1, 0.15) is 0 Å². The van der Waals surface area contributed by atoms with Crippen molar-refractivity contribution in [3.05, 3.63) is 42.5 Å². The van der Waals surface area contributed by atoms with Crippen LogP contribution in [-0.2, 0) is 10.0 Å². The average Bonchev–Trinajstić information content (AvgIpc) is 2.43. The minimum atomic E-state index is -3.54. The molecule has 0 amide bonds. The fourth-order valence-electron chi connectivity index (χ4n) is 1.61. The molecule has 0 heterocycles. The van der Waals surface area contributed by atoms with E-state index in [1.165, 1.54) is 23.5 Å². The molecule has 4 nitrogen and oxygen atoms in total. The number of hydrogen-bond donors (Lipinski definition) is 0. The monoisotopic (exact) mass is 281 g/mol. The summed E-state index contributed by atoms with van der Waals surface area (Å²) in [5.74, 6) is -0.0641. The van der Waals surface area contributed by atoms with Crippen molar-refractivity contribution in [3.8, 4) is 0 Å². The van der Waals surface area contributed by atoms with Gasteiger partial charge in [-0.3, -0.25) is 4.79 Å². The number of Topliss-reactive ketones (excluding diaryl/α,β-unsaturated/α-hetero) is 1.